The fourth-order valence-electron chi connectivity index (χ4n) is 2.08. The lowest BCUT2D eigenvalue weighted by Crippen LogP contribution is -2.54. The third-order valence-corrected chi connectivity index (χ3v) is 3.94. The molecule has 0 aromatic heterocycles. The minimum atomic E-state index is -1.29. The van der Waals surface area contributed by atoms with Crippen LogP contribution in [0.25, 0.3) is 0 Å². The topological polar surface area (TPSA) is 258 Å². The molecule has 0 aromatic carbocycles. The molecule has 15 heteroatoms. The van der Waals surface area contributed by atoms with E-state index >= 15 is 0 Å². The number of carboxylic acids is 1. The zero-order valence-corrected chi connectivity index (χ0v) is 17.1. The molecule has 30 heavy (non-hydrogen) atoms. The molecular weight excluding hydrogens is 420 g/mol. The number of primary amides is 1. The van der Waals surface area contributed by atoms with Gasteiger partial charge in [0, 0.05) is 12.3 Å². The Morgan fingerprint density at radius 1 is 1.00 bits per heavy atom. The van der Waals surface area contributed by atoms with Gasteiger partial charge in [-0.25, -0.2) is 4.79 Å². The first-order valence-electron chi connectivity index (χ1n) is 8.78. The van der Waals surface area contributed by atoms with Crippen LogP contribution in [0.15, 0.2) is 4.99 Å². The summed E-state index contributed by atoms with van der Waals surface area (Å²) in [6, 6.07) is -3.60. The van der Waals surface area contributed by atoms with Crippen molar-refractivity contribution < 1.29 is 29.1 Å². The Labute approximate surface area is 178 Å². The Balaban J connectivity index is 4.91. The van der Waals surface area contributed by atoms with E-state index in [0.717, 1.165) is 0 Å². The van der Waals surface area contributed by atoms with E-state index in [2.05, 4.69) is 33.6 Å². The number of guanidine groups is 1. The van der Waals surface area contributed by atoms with Gasteiger partial charge in [0.2, 0.25) is 23.6 Å². The minimum Gasteiger partial charge on any atom is -0.480 e. The van der Waals surface area contributed by atoms with Crippen molar-refractivity contribution in [2.24, 2.45) is 27.9 Å². The number of hydrogen-bond acceptors (Lipinski definition) is 8. The number of amides is 4. The summed E-state index contributed by atoms with van der Waals surface area (Å²) in [6.45, 7) is -0.354. The molecule has 0 aliphatic heterocycles. The third-order valence-electron chi connectivity index (χ3n) is 3.58. The normalized spacial score (nSPS) is 13.3. The summed E-state index contributed by atoms with van der Waals surface area (Å²) in [5.74, 6) is -4.66. The largest absolute Gasteiger partial charge is 0.480 e. The number of aliphatic carboxylic acids is 1. The Kier molecular flexibility index (Phi) is 12.6. The van der Waals surface area contributed by atoms with Crippen LogP contribution >= 0.6 is 12.6 Å². The number of nitrogens with zero attached hydrogens (tertiary/aromatic N) is 1. The molecular formula is C15H28N8O6S. The average molecular weight is 449 g/mol. The maximum atomic E-state index is 12.4. The van der Waals surface area contributed by atoms with Crippen LogP contribution in [0, 0.1) is 0 Å². The predicted octanol–water partition coefficient (Wildman–Crippen LogP) is -4.66. The highest BCUT2D eigenvalue weighted by Gasteiger charge is 2.26. The summed E-state index contributed by atoms with van der Waals surface area (Å²) in [4.78, 5) is 61.8. The summed E-state index contributed by atoms with van der Waals surface area (Å²) in [7, 11) is 0. The first-order chi connectivity index (χ1) is 14.0. The van der Waals surface area contributed by atoms with Gasteiger partial charge >= 0.3 is 5.97 Å². The number of nitrogens with two attached hydrogens (primary N) is 4. The van der Waals surface area contributed by atoms with Crippen LogP contribution in [0.5, 0.6) is 0 Å². The van der Waals surface area contributed by atoms with Crippen molar-refractivity contribution in [3.63, 3.8) is 0 Å². The second-order valence-electron chi connectivity index (χ2n) is 6.15. The summed E-state index contributed by atoms with van der Waals surface area (Å²) in [5.41, 5.74) is 20.8. The van der Waals surface area contributed by atoms with Gasteiger partial charge in [0.05, 0.1) is 19.0 Å². The van der Waals surface area contributed by atoms with Gasteiger partial charge in [-0.3, -0.25) is 24.2 Å². The van der Waals surface area contributed by atoms with Gasteiger partial charge < -0.3 is 44.0 Å². The highest BCUT2D eigenvalue weighted by Crippen LogP contribution is 2.01. The highest BCUT2D eigenvalue weighted by molar-refractivity contribution is 7.80. The third kappa shape index (κ3) is 11.7. The first kappa shape index (κ1) is 26.9. The van der Waals surface area contributed by atoms with E-state index in [1.165, 1.54) is 0 Å². The number of nitrogens with one attached hydrogen (secondary N) is 3. The number of aliphatic imine (C=N–C) groups is 1. The molecule has 0 spiro atoms. The van der Waals surface area contributed by atoms with E-state index in [-0.39, 0.29) is 24.7 Å². The van der Waals surface area contributed by atoms with Crippen LogP contribution in [0.1, 0.15) is 19.3 Å². The highest BCUT2D eigenvalue weighted by atomic mass is 32.1. The van der Waals surface area contributed by atoms with Crippen LogP contribution < -0.4 is 38.9 Å². The Morgan fingerprint density at radius 2 is 1.63 bits per heavy atom. The molecule has 0 fully saturated rings. The van der Waals surface area contributed by atoms with Gasteiger partial charge in [-0.15, -0.1) is 0 Å². The molecule has 4 amide bonds. The smallest absolute Gasteiger partial charge is 0.327 e. The molecule has 0 radical (unpaired) electrons. The lowest BCUT2D eigenvalue weighted by molar-refractivity contribution is -0.141. The van der Waals surface area contributed by atoms with E-state index in [9.17, 15) is 24.0 Å². The lowest BCUT2D eigenvalue weighted by Gasteiger charge is -2.21. The molecule has 14 nitrogen and oxygen atoms in total. The van der Waals surface area contributed by atoms with Crippen LogP contribution in [-0.4, -0.2) is 77.6 Å². The molecule has 0 aliphatic rings. The maximum Gasteiger partial charge on any atom is 0.327 e. The van der Waals surface area contributed by atoms with Crippen molar-refractivity contribution in [3.8, 4) is 0 Å². The van der Waals surface area contributed by atoms with Crippen molar-refractivity contribution in [1.82, 2.24) is 16.0 Å². The quantitative estimate of drug-likeness (QED) is 0.0534. The zero-order chi connectivity index (χ0) is 23.3. The molecule has 0 aliphatic carbocycles. The fourth-order valence-corrected chi connectivity index (χ4v) is 2.33. The molecule has 0 saturated heterocycles. The van der Waals surface area contributed by atoms with E-state index in [0.29, 0.717) is 6.42 Å². The van der Waals surface area contributed by atoms with E-state index in [1.807, 2.05) is 0 Å². The number of carbonyl (C=O) groups is 5. The van der Waals surface area contributed by atoms with Crippen molar-refractivity contribution in [2.75, 3.05) is 18.8 Å². The standard InChI is InChI=1S/C15H28N8O6S/c16-7(4-10(17)24)12(26)21-5-11(25)22-8(2-1-3-20-15(18)19)13(27)23-9(6-30)14(28)29/h7-9,30H,1-6,16H2,(H2,17,24)(H,21,26)(H,22,25)(H,23,27)(H,28,29)(H4,18,19,20)/t7-,8-,9-/m0/s1. The molecule has 170 valence electrons. The van der Waals surface area contributed by atoms with Crippen LogP contribution in [-0.2, 0) is 24.0 Å². The number of carboxylic acid groups (broad SMARTS) is 1. The van der Waals surface area contributed by atoms with E-state index in [4.69, 9.17) is 28.0 Å². The summed E-state index contributed by atoms with van der Waals surface area (Å²) >= 11 is 3.85. The lowest BCUT2D eigenvalue weighted by atomic mass is 10.1. The van der Waals surface area contributed by atoms with Crippen molar-refractivity contribution in [3.05, 3.63) is 0 Å². The van der Waals surface area contributed by atoms with E-state index < -0.39 is 60.7 Å². The van der Waals surface area contributed by atoms with Crippen LogP contribution in [0.3, 0.4) is 0 Å². The van der Waals surface area contributed by atoms with Crippen LogP contribution in [0.4, 0.5) is 0 Å². The Morgan fingerprint density at radius 3 is 2.13 bits per heavy atom. The maximum absolute atomic E-state index is 12.4. The molecule has 0 unspecified atom stereocenters. The summed E-state index contributed by atoms with van der Waals surface area (Å²) in [5, 5.41) is 15.9. The second-order valence-corrected chi connectivity index (χ2v) is 6.51. The molecule has 0 bridgehead atoms. The SMILES string of the molecule is NC(=O)C[C@H](N)C(=O)NCC(=O)N[C@@H](CCCN=C(N)N)C(=O)N[C@@H](CS)C(=O)O. The van der Waals surface area contributed by atoms with Gasteiger partial charge in [-0.05, 0) is 12.8 Å². The molecule has 3 atom stereocenters. The predicted molar refractivity (Wildman–Crippen MR) is 110 cm³/mol. The fraction of sp³-hybridized carbons (Fsp3) is 0.600. The number of thiol groups is 1. The summed E-state index contributed by atoms with van der Waals surface area (Å²) in [6.07, 6.45) is -0.0172. The summed E-state index contributed by atoms with van der Waals surface area (Å²) < 4.78 is 0. The number of rotatable bonds is 14. The van der Waals surface area contributed by atoms with Gasteiger partial charge in [-0.1, -0.05) is 0 Å². The first-order valence-corrected chi connectivity index (χ1v) is 9.41. The van der Waals surface area contributed by atoms with Gasteiger partial charge in [0.25, 0.3) is 0 Å². The zero-order valence-electron chi connectivity index (χ0n) is 16.2. The van der Waals surface area contributed by atoms with Crippen molar-refractivity contribution >= 4 is 48.2 Å². The number of hydrogen-bond donors (Lipinski definition) is 9. The monoisotopic (exact) mass is 448 g/mol. The van der Waals surface area contributed by atoms with Crippen molar-refractivity contribution in [1.29, 1.82) is 0 Å². The molecule has 0 heterocycles. The Hall–Kier alpha value is -3.07. The van der Waals surface area contributed by atoms with E-state index in [1.54, 1.807) is 0 Å². The van der Waals surface area contributed by atoms with Gasteiger partial charge in [0.1, 0.15) is 12.1 Å². The molecule has 0 aromatic rings. The molecule has 0 saturated carbocycles. The van der Waals surface area contributed by atoms with Crippen LogP contribution in [0.2, 0.25) is 0 Å². The van der Waals surface area contributed by atoms with Crippen molar-refractivity contribution in [2.45, 2.75) is 37.4 Å². The molecule has 12 N–H and O–H groups in total. The van der Waals surface area contributed by atoms with Gasteiger partial charge in [0.15, 0.2) is 5.96 Å². The Bertz CT molecular complexity index is 670. The average Bonchev–Trinajstić information content (AvgIpc) is 2.65. The molecule has 0 rings (SSSR count). The minimum absolute atomic E-state index is 0.0857. The number of carbonyl (C=O) groups excluding carboxylic acids is 4. The second kappa shape index (κ2) is 14.0. The van der Waals surface area contributed by atoms with Gasteiger partial charge in [-0.2, -0.15) is 12.6 Å².